The van der Waals surface area contributed by atoms with Crippen molar-refractivity contribution < 1.29 is 14.3 Å². The zero-order chi connectivity index (χ0) is 20.4. The van der Waals surface area contributed by atoms with Crippen LogP contribution < -0.4 is 10.2 Å². The molecule has 8 nitrogen and oxygen atoms in total. The molecule has 2 aliphatic rings. The molecule has 0 saturated carbocycles. The summed E-state index contributed by atoms with van der Waals surface area (Å²) < 4.78 is 11.5. The van der Waals surface area contributed by atoms with Gasteiger partial charge in [-0.2, -0.15) is 0 Å². The first-order chi connectivity index (χ1) is 13.9. The van der Waals surface area contributed by atoms with Crippen molar-refractivity contribution in [2.45, 2.75) is 25.6 Å². The number of piperidine rings is 1. The molecule has 2 fully saturated rings. The second-order valence-corrected chi connectivity index (χ2v) is 7.65. The fourth-order valence-electron chi connectivity index (χ4n) is 3.73. The van der Waals surface area contributed by atoms with Crippen molar-refractivity contribution in [1.29, 1.82) is 0 Å². The number of aromatic nitrogens is 2. The van der Waals surface area contributed by atoms with E-state index in [4.69, 9.17) is 9.47 Å². The molecule has 4 rings (SSSR count). The van der Waals surface area contributed by atoms with E-state index in [1.54, 1.807) is 13.0 Å². The Bertz CT molecular complexity index is 868. The third-order valence-electron chi connectivity index (χ3n) is 5.34. The number of likely N-dealkylation sites (tertiary alicyclic amines) is 1. The molecular weight excluding hydrogens is 370 g/mol. The van der Waals surface area contributed by atoms with E-state index in [0.29, 0.717) is 56.5 Å². The fraction of sp³-hybridized carbons (Fsp3) is 0.476. The number of carbonyl (C=O) groups excluding carboxylic acids is 1. The molecule has 0 bridgehead atoms. The lowest BCUT2D eigenvalue weighted by atomic mass is 10.0. The average Bonchev–Trinajstić information content (AvgIpc) is 3.16. The minimum absolute atomic E-state index is 0.0886. The fourth-order valence-corrected chi connectivity index (χ4v) is 3.73. The Balaban J connectivity index is 1.45. The van der Waals surface area contributed by atoms with E-state index in [9.17, 15) is 4.79 Å². The lowest BCUT2D eigenvalue weighted by Gasteiger charge is -2.37. The minimum Gasteiger partial charge on any atom is -0.378 e. The maximum absolute atomic E-state index is 13.0. The van der Waals surface area contributed by atoms with Crippen LogP contribution in [0, 0.1) is 6.92 Å². The van der Waals surface area contributed by atoms with Gasteiger partial charge in [-0.25, -0.2) is 9.97 Å². The van der Waals surface area contributed by atoms with Crippen molar-refractivity contribution in [3.63, 3.8) is 0 Å². The van der Waals surface area contributed by atoms with E-state index in [0.717, 1.165) is 11.4 Å². The largest absolute Gasteiger partial charge is 0.378 e. The van der Waals surface area contributed by atoms with Gasteiger partial charge in [-0.3, -0.25) is 4.79 Å². The Hall–Kier alpha value is -2.71. The van der Waals surface area contributed by atoms with Gasteiger partial charge in [0.2, 0.25) is 0 Å². The van der Waals surface area contributed by atoms with Gasteiger partial charge in [-0.1, -0.05) is 0 Å². The molecule has 0 aliphatic carbocycles. The second kappa shape index (κ2) is 7.96. The van der Waals surface area contributed by atoms with Crippen LogP contribution in [-0.4, -0.2) is 67.0 Å². The summed E-state index contributed by atoms with van der Waals surface area (Å²) in [5.41, 5.74) is 2.42. The van der Waals surface area contributed by atoms with Crippen molar-refractivity contribution in [1.82, 2.24) is 14.9 Å². The number of aryl methyl sites for hydroxylation is 1. The Morgan fingerprint density at radius 1 is 1.10 bits per heavy atom. The van der Waals surface area contributed by atoms with Crippen molar-refractivity contribution in [2.24, 2.45) is 0 Å². The van der Waals surface area contributed by atoms with E-state index in [2.05, 4.69) is 15.3 Å². The molecule has 3 heterocycles. The Morgan fingerprint density at radius 2 is 1.76 bits per heavy atom. The summed E-state index contributed by atoms with van der Waals surface area (Å²) >= 11 is 0. The third kappa shape index (κ3) is 4.33. The van der Waals surface area contributed by atoms with Gasteiger partial charge in [0, 0.05) is 57.5 Å². The van der Waals surface area contributed by atoms with Crippen molar-refractivity contribution in [3.05, 3.63) is 41.9 Å². The predicted octanol–water partition coefficient (Wildman–Crippen LogP) is 2.57. The standard InChI is InChI=1S/C21H27N5O3/c1-15-22-18(20(27)26-10-8-21(9-11-26)28-12-13-29-21)14-19(23-15)24-16-4-6-17(7-5-16)25(2)3/h4-7,14H,8-13H2,1-3H3,(H,22,23,24). The number of ether oxygens (including phenoxy) is 2. The number of amides is 1. The number of carbonyl (C=O) groups is 1. The van der Waals surface area contributed by atoms with Crippen molar-refractivity contribution in [2.75, 3.05) is 50.6 Å². The summed E-state index contributed by atoms with van der Waals surface area (Å²) in [4.78, 5) is 25.6. The van der Waals surface area contributed by atoms with E-state index < -0.39 is 5.79 Å². The lowest BCUT2D eigenvalue weighted by molar-refractivity contribution is -0.181. The molecule has 0 unspecified atom stereocenters. The number of rotatable bonds is 4. The zero-order valence-corrected chi connectivity index (χ0v) is 17.1. The van der Waals surface area contributed by atoms with Gasteiger partial charge in [0.1, 0.15) is 17.3 Å². The average molecular weight is 397 g/mol. The van der Waals surface area contributed by atoms with Gasteiger partial charge in [-0.05, 0) is 31.2 Å². The Kier molecular flexibility index (Phi) is 5.38. The van der Waals surface area contributed by atoms with Crippen LogP contribution in [-0.2, 0) is 9.47 Å². The monoisotopic (exact) mass is 397 g/mol. The summed E-state index contributed by atoms with van der Waals surface area (Å²) in [6, 6.07) is 9.74. The lowest BCUT2D eigenvalue weighted by Crippen LogP contribution is -2.47. The van der Waals surface area contributed by atoms with Crippen LogP contribution in [0.5, 0.6) is 0 Å². The molecule has 2 saturated heterocycles. The highest BCUT2D eigenvalue weighted by Gasteiger charge is 2.41. The summed E-state index contributed by atoms with van der Waals surface area (Å²) in [5.74, 6) is 0.576. The number of hydrogen-bond acceptors (Lipinski definition) is 7. The van der Waals surface area contributed by atoms with Gasteiger partial charge in [-0.15, -0.1) is 0 Å². The molecule has 1 aromatic carbocycles. The minimum atomic E-state index is -0.496. The molecule has 1 aromatic heterocycles. The van der Waals surface area contributed by atoms with E-state index in [1.807, 2.05) is 48.2 Å². The van der Waals surface area contributed by atoms with E-state index in [1.165, 1.54) is 0 Å². The highest BCUT2D eigenvalue weighted by atomic mass is 16.7. The molecule has 1 amide bonds. The quantitative estimate of drug-likeness (QED) is 0.849. The summed E-state index contributed by atoms with van der Waals surface area (Å²) in [5, 5.41) is 3.27. The van der Waals surface area contributed by atoms with Crippen LogP contribution in [0.2, 0.25) is 0 Å². The smallest absolute Gasteiger partial charge is 0.272 e. The highest BCUT2D eigenvalue weighted by Crippen LogP contribution is 2.31. The number of hydrogen-bond donors (Lipinski definition) is 1. The van der Waals surface area contributed by atoms with Gasteiger partial charge < -0.3 is 24.6 Å². The first kappa shape index (κ1) is 19.6. The van der Waals surface area contributed by atoms with E-state index in [-0.39, 0.29) is 5.91 Å². The zero-order valence-electron chi connectivity index (χ0n) is 17.1. The molecule has 154 valence electrons. The molecule has 1 spiro atoms. The number of nitrogens with zero attached hydrogens (tertiary/aromatic N) is 4. The summed E-state index contributed by atoms with van der Waals surface area (Å²) in [7, 11) is 4.00. The van der Waals surface area contributed by atoms with E-state index >= 15 is 0 Å². The molecule has 0 atom stereocenters. The van der Waals surface area contributed by atoms with Gasteiger partial charge in [0.25, 0.3) is 5.91 Å². The number of anilines is 3. The van der Waals surface area contributed by atoms with Crippen LogP contribution in [0.4, 0.5) is 17.2 Å². The molecule has 2 aliphatic heterocycles. The highest BCUT2D eigenvalue weighted by molar-refractivity contribution is 5.93. The van der Waals surface area contributed by atoms with Crippen LogP contribution in [0.25, 0.3) is 0 Å². The van der Waals surface area contributed by atoms with Crippen molar-refractivity contribution >= 4 is 23.1 Å². The number of nitrogens with one attached hydrogen (secondary N) is 1. The predicted molar refractivity (Wildman–Crippen MR) is 111 cm³/mol. The van der Waals surface area contributed by atoms with Gasteiger partial charge in [0.05, 0.1) is 13.2 Å². The first-order valence-electron chi connectivity index (χ1n) is 9.91. The Labute approximate surface area is 170 Å². The van der Waals surface area contributed by atoms with Crippen LogP contribution in [0.3, 0.4) is 0 Å². The molecule has 29 heavy (non-hydrogen) atoms. The summed E-state index contributed by atoms with van der Waals surface area (Å²) in [6.45, 7) is 4.24. The topological polar surface area (TPSA) is 79.8 Å². The maximum atomic E-state index is 13.0. The van der Waals surface area contributed by atoms with Gasteiger partial charge >= 0.3 is 0 Å². The van der Waals surface area contributed by atoms with Crippen LogP contribution in [0.1, 0.15) is 29.2 Å². The van der Waals surface area contributed by atoms with Crippen LogP contribution in [0.15, 0.2) is 30.3 Å². The Morgan fingerprint density at radius 3 is 2.38 bits per heavy atom. The molecule has 2 aromatic rings. The van der Waals surface area contributed by atoms with Crippen molar-refractivity contribution in [3.8, 4) is 0 Å². The summed E-state index contributed by atoms with van der Waals surface area (Å²) in [6.07, 6.45) is 1.37. The number of benzene rings is 1. The first-order valence-corrected chi connectivity index (χ1v) is 9.91. The SMILES string of the molecule is Cc1nc(Nc2ccc(N(C)C)cc2)cc(C(=O)N2CCC3(CC2)OCCO3)n1. The molecule has 0 radical (unpaired) electrons. The van der Waals surface area contributed by atoms with Crippen LogP contribution >= 0.6 is 0 Å². The van der Waals surface area contributed by atoms with Gasteiger partial charge in [0.15, 0.2) is 5.79 Å². The molecular formula is C21H27N5O3. The third-order valence-corrected chi connectivity index (χ3v) is 5.34. The second-order valence-electron chi connectivity index (χ2n) is 7.65. The normalized spacial score (nSPS) is 18.1. The maximum Gasteiger partial charge on any atom is 0.272 e. The molecule has 1 N–H and O–H groups in total. The molecule has 8 heteroatoms.